The fourth-order valence-corrected chi connectivity index (χ4v) is 1.52. The molecule has 3 nitrogen and oxygen atoms in total. The molecule has 0 fully saturated rings. The highest BCUT2D eigenvalue weighted by Gasteiger charge is 2.09. The van der Waals surface area contributed by atoms with Crippen molar-refractivity contribution in [3.8, 4) is 0 Å². The maximum absolute atomic E-state index is 5.68. The molecule has 1 rings (SSSR count). The van der Waals surface area contributed by atoms with Gasteiger partial charge in [-0.25, -0.2) is 4.98 Å². The Morgan fingerprint density at radius 3 is 2.69 bits per heavy atom. The van der Waals surface area contributed by atoms with E-state index in [0.29, 0.717) is 6.54 Å². The molecule has 0 aliphatic rings. The van der Waals surface area contributed by atoms with E-state index in [9.17, 15) is 0 Å². The molecule has 0 spiro atoms. The fourth-order valence-electron chi connectivity index (χ4n) is 1.52. The zero-order valence-electron chi connectivity index (χ0n) is 8.80. The van der Waals surface area contributed by atoms with E-state index in [0.717, 1.165) is 12.2 Å². The molecule has 0 aliphatic heterocycles. The molecule has 0 saturated heterocycles. The normalized spacial score (nSPS) is 10.8. The minimum atomic E-state index is 0.594. The lowest BCUT2D eigenvalue weighted by atomic mass is 10.2. The summed E-state index contributed by atoms with van der Waals surface area (Å²) in [5.41, 5.74) is 8.05. The number of aromatic nitrogens is 2. The van der Waals surface area contributed by atoms with E-state index in [-0.39, 0.29) is 0 Å². The summed E-state index contributed by atoms with van der Waals surface area (Å²) >= 11 is 0. The highest BCUT2D eigenvalue weighted by molar-refractivity contribution is 5.16. The zero-order chi connectivity index (χ0) is 9.84. The van der Waals surface area contributed by atoms with Gasteiger partial charge in [-0.2, -0.15) is 0 Å². The van der Waals surface area contributed by atoms with E-state index < -0.39 is 0 Å². The van der Waals surface area contributed by atoms with Crippen molar-refractivity contribution in [2.45, 2.75) is 39.7 Å². The second kappa shape index (κ2) is 4.42. The van der Waals surface area contributed by atoms with Gasteiger partial charge < -0.3 is 10.3 Å². The number of hydrogen-bond acceptors (Lipinski definition) is 2. The van der Waals surface area contributed by atoms with Crippen LogP contribution in [-0.4, -0.2) is 9.55 Å². The summed E-state index contributed by atoms with van der Waals surface area (Å²) < 4.78 is 2.09. The van der Waals surface area contributed by atoms with Crippen LogP contribution in [0.5, 0.6) is 0 Å². The molecule has 0 amide bonds. The molecule has 13 heavy (non-hydrogen) atoms. The topological polar surface area (TPSA) is 43.8 Å². The smallest absolute Gasteiger partial charge is 0.105 e. The number of aryl methyl sites for hydroxylation is 2. The van der Waals surface area contributed by atoms with Crippen molar-refractivity contribution in [2.75, 3.05) is 0 Å². The second-order valence-electron chi connectivity index (χ2n) is 3.42. The van der Waals surface area contributed by atoms with Gasteiger partial charge >= 0.3 is 0 Å². The second-order valence-corrected chi connectivity index (χ2v) is 3.42. The minimum Gasteiger partial charge on any atom is -0.334 e. The van der Waals surface area contributed by atoms with Crippen LogP contribution in [0.15, 0.2) is 0 Å². The Morgan fingerprint density at radius 1 is 1.46 bits per heavy atom. The van der Waals surface area contributed by atoms with Crippen LogP contribution >= 0.6 is 0 Å². The minimum absolute atomic E-state index is 0.594. The molecule has 0 radical (unpaired) electrons. The van der Waals surface area contributed by atoms with Crippen LogP contribution in [0.3, 0.4) is 0 Å². The number of imidazole rings is 1. The van der Waals surface area contributed by atoms with Gasteiger partial charge in [0, 0.05) is 13.6 Å². The molecule has 0 unspecified atom stereocenters. The van der Waals surface area contributed by atoms with E-state index in [4.69, 9.17) is 5.73 Å². The van der Waals surface area contributed by atoms with Gasteiger partial charge in [-0.3, -0.25) is 0 Å². The Kier molecular flexibility index (Phi) is 3.48. The molecular formula is C10H19N3. The number of nitrogens with two attached hydrogens (primary N) is 1. The van der Waals surface area contributed by atoms with Crippen molar-refractivity contribution in [3.05, 3.63) is 17.2 Å². The lowest BCUT2D eigenvalue weighted by Crippen LogP contribution is -2.06. The highest BCUT2D eigenvalue weighted by Crippen LogP contribution is 2.12. The third-order valence-electron chi connectivity index (χ3n) is 2.48. The number of unbranched alkanes of at least 4 members (excludes halogenated alkanes) is 1. The lowest BCUT2D eigenvalue weighted by molar-refractivity contribution is 0.752. The van der Waals surface area contributed by atoms with E-state index in [1.54, 1.807) is 0 Å². The van der Waals surface area contributed by atoms with Crippen LogP contribution < -0.4 is 5.73 Å². The van der Waals surface area contributed by atoms with Crippen molar-refractivity contribution in [2.24, 2.45) is 12.8 Å². The number of nitrogens with zero attached hydrogens (tertiary/aromatic N) is 2. The Morgan fingerprint density at radius 2 is 2.15 bits per heavy atom. The Labute approximate surface area is 80.0 Å². The van der Waals surface area contributed by atoms with Crippen molar-refractivity contribution in [1.29, 1.82) is 0 Å². The summed E-state index contributed by atoms with van der Waals surface area (Å²) in [6, 6.07) is 0. The summed E-state index contributed by atoms with van der Waals surface area (Å²) in [6.45, 7) is 4.81. The predicted molar refractivity (Wildman–Crippen MR) is 54.4 cm³/mol. The first-order chi connectivity index (χ1) is 6.20. The molecule has 74 valence electrons. The van der Waals surface area contributed by atoms with Crippen LogP contribution in [0.25, 0.3) is 0 Å². The average molecular weight is 181 g/mol. The molecule has 0 aromatic carbocycles. The zero-order valence-corrected chi connectivity index (χ0v) is 8.80. The summed E-state index contributed by atoms with van der Waals surface area (Å²) in [6.07, 6.45) is 3.47. The molecule has 0 saturated carbocycles. The number of rotatable bonds is 4. The standard InChI is InChI=1S/C10H19N3/c1-4-5-6-9-10(7-11)13(3)8(2)12-9/h4-7,11H2,1-3H3. The van der Waals surface area contributed by atoms with E-state index in [2.05, 4.69) is 16.5 Å². The molecule has 3 heteroatoms. The van der Waals surface area contributed by atoms with E-state index in [1.807, 2.05) is 14.0 Å². The van der Waals surface area contributed by atoms with Gasteiger partial charge in [0.05, 0.1) is 11.4 Å². The Balaban J connectivity index is 2.86. The van der Waals surface area contributed by atoms with Crippen molar-refractivity contribution in [1.82, 2.24) is 9.55 Å². The SMILES string of the molecule is CCCCc1nc(C)n(C)c1CN. The Hall–Kier alpha value is -0.830. The molecule has 1 aromatic heterocycles. The third-order valence-corrected chi connectivity index (χ3v) is 2.48. The maximum Gasteiger partial charge on any atom is 0.105 e. The molecule has 0 bridgehead atoms. The van der Waals surface area contributed by atoms with E-state index >= 15 is 0 Å². The van der Waals surface area contributed by atoms with Gasteiger partial charge in [-0.1, -0.05) is 13.3 Å². The fraction of sp³-hybridized carbons (Fsp3) is 0.700. The monoisotopic (exact) mass is 181 g/mol. The molecule has 2 N–H and O–H groups in total. The highest BCUT2D eigenvalue weighted by atomic mass is 15.1. The maximum atomic E-state index is 5.68. The number of hydrogen-bond donors (Lipinski definition) is 1. The molecule has 1 heterocycles. The summed E-state index contributed by atoms with van der Waals surface area (Å²) in [5, 5.41) is 0. The summed E-state index contributed by atoms with van der Waals surface area (Å²) in [4.78, 5) is 4.50. The average Bonchev–Trinajstić information content (AvgIpc) is 2.39. The molecule has 0 aliphatic carbocycles. The Bertz CT molecular complexity index is 276. The van der Waals surface area contributed by atoms with E-state index in [1.165, 1.54) is 24.2 Å². The van der Waals surface area contributed by atoms with Crippen molar-refractivity contribution < 1.29 is 0 Å². The third kappa shape index (κ3) is 2.10. The van der Waals surface area contributed by atoms with Crippen LogP contribution in [0, 0.1) is 6.92 Å². The molecular weight excluding hydrogens is 162 g/mol. The van der Waals surface area contributed by atoms with Crippen LogP contribution in [0.4, 0.5) is 0 Å². The van der Waals surface area contributed by atoms with Crippen molar-refractivity contribution >= 4 is 0 Å². The van der Waals surface area contributed by atoms with Gasteiger partial charge in [-0.05, 0) is 19.8 Å². The quantitative estimate of drug-likeness (QED) is 0.765. The summed E-state index contributed by atoms with van der Waals surface area (Å²) in [5.74, 6) is 1.06. The van der Waals surface area contributed by atoms with Gasteiger partial charge in [-0.15, -0.1) is 0 Å². The van der Waals surface area contributed by atoms with Gasteiger partial charge in [0.15, 0.2) is 0 Å². The largest absolute Gasteiger partial charge is 0.334 e. The van der Waals surface area contributed by atoms with Crippen LogP contribution in [0.2, 0.25) is 0 Å². The molecule has 1 aromatic rings. The van der Waals surface area contributed by atoms with Gasteiger partial charge in [0.25, 0.3) is 0 Å². The first-order valence-electron chi connectivity index (χ1n) is 4.91. The van der Waals surface area contributed by atoms with Gasteiger partial charge in [0.1, 0.15) is 5.82 Å². The first-order valence-corrected chi connectivity index (χ1v) is 4.91. The van der Waals surface area contributed by atoms with Crippen molar-refractivity contribution in [3.63, 3.8) is 0 Å². The predicted octanol–water partition coefficient (Wildman–Crippen LogP) is 1.53. The molecule has 0 atom stereocenters. The summed E-state index contributed by atoms with van der Waals surface area (Å²) in [7, 11) is 2.03. The van der Waals surface area contributed by atoms with Crippen LogP contribution in [-0.2, 0) is 20.0 Å². The lowest BCUT2D eigenvalue weighted by Gasteiger charge is -2.02. The van der Waals surface area contributed by atoms with Crippen LogP contribution in [0.1, 0.15) is 37.0 Å². The first kappa shape index (κ1) is 10.3. The van der Waals surface area contributed by atoms with Gasteiger partial charge in [0.2, 0.25) is 0 Å².